The van der Waals surface area contributed by atoms with Gasteiger partial charge >= 0.3 is 0 Å². The van der Waals surface area contributed by atoms with Crippen LogP contribution in [-0.4, -0.2) is 21.6 Å². The van der Waals surface area contributed by atoms with Crippen molar-refractivity contribution in [3.8, 4) is 5.75 Å². The number of para-hydroxylation sites is 2. The summed E-state index contributed by atoms with van der Waals surface area (Å²) in [5.74, 6) is 1.55. The molecule has 3 rings (SSSR count). The number of rotatable bonds is 6. The molecule has 0 fully saturated rings. The smallest absolute Gasteiger partial charge is 0.164 e. The monoisotopic (exact) mass is 294 g/mol. The highest BCUT2D eigenvalue weighted by atomic mass is 16.5. The number of benzene rings is 1. The standard InChI is InChI=1S/C17H18N4O/c1-2-3-11-22-15-9-5-4-8-14(15)21-17-13-7-6-10-18-16(13)19-12-20-17/h4-10,12H,2-3,11H2,1H3,(H,18,19,20,21). The fourth-order valence-corrected chi connectivity index (χ4v) is 2.14. The Labute approximate surface area is 129 Å². The van der Waals surface area contributed by atoms with E-state index in [9.17, 15) is 0 Å². The van der Waals surface area contributed by atoms with Crippen molar-refractivity contribution >= 4 is 22.5 Å². The summed E-state index contributed by atoms with van der Waals surface area (Å²) in [7, 11) is 0. The third kappa shape index (κ3) is 3.14. The fraction of sp³-hybridized carbons (Fsp3) is 0.235. The Morgan fingerprint density at radius 3 is 2.86 bits per heavy atom. The van der Waals surface area contributed by atoms with Gasteiger partial charge in [-0.05, 0) is 30.7 Å². The van der Waals surface area contributed by atoms with E-state index in [4.69, 9.17) is 4.74 Å². The second kappa shape index (κ2) is 6.85. The number of nitrogens with zero attached hydrogens (tertiary/aromatic N) is 3. The second-order valence-corrected chi connectivity index (χ2v) is 4.92. The Kier molecular flexibility index (Phi) is 4.44. The van der Waals surface area contributed by atoms with E-state index in [1.807, 2.05) is 36.4 Å². The number of nitrogens with one attached hydrogen (secondary N) is 1. The Morgan fingerprint density at radius 1 is 1.05 bits per heavy atom. The Hall–Kier alpha value is -2.69. The topological polar surface area (TPSA) is 59.9 Å². The lowest BCUT2D eigenvalue weighted by molar-refractivity contribution is 0.311. The second-order valence-electron chi connectivity index (χ2n) is 4.92. The summed E-state index contributed by atoms with van der Waals surface area (Å²) in [6.07, 6.45) is 5.38. The van der Waals surface area contributed by atoms with E-state index in [2.05, 4.69) is 27.2 Å². The minimum Gasteiger partial charge on any atom is -0.491 e. The van der Waals surface area contributed by atoms with Crippen LogP contribution in [0.25, 0.3) is 11.0 Å². The van der Waals surface area contributed by atoms with Crippen molar-refractivity contribution in [2.45, 2.75) is 19.8 Å². The number of ether oxygens (including phenoxy) is 1. The molecule has 0 unspecified atom stereocenters. The van der Waals surface area contributed by atoms with Gasteiger partial charge in [-0.2, -0.15) is 0 Å². The maximum absolute atomic E-state index is 5.84. The van der Waals surface area contributed by atoms with Crippen LogP contribution in [0.1, 0.15) is 19.8 Å². The van der Waals surface area contributed by atoms with Crippen molar-refractivity contribution in [1.29, 1.82) is 0 Å². The molecule has 2 heterocycles. The number of hydrogen-bond donors (Lipinski definition) is 1. The molecule has 0 aliphatic heterocycles. The molecule has 0 radical (unpaired) electrons. The van der Waals surface area contributed by atoms with Crippen molar-refractivity contribution in [2.75, 3.05) is 11.9 Å². The van der Waals surface area contributed by atoms with Gasteiger partial charge in [0.25, 0.3) is 0 Å². The van der Waals surface area contributed by atoms with Crippen molar-refractivity contribution in [3.63, 3.8) is 0 Å². The van der Waals surface area contributed by atoms with E-state index in [-0.39, 0.29) is 0 Å². The van der Waals surface area contributed by atoms with Gasteiger partial charge < -0.3 is 10.1 Å². The van der Waals surface area contributed by atoms with Gasteiger partial charge in [-0.25, -0.2) is 15.0 Å². The van der Waals surface area contributed by atoms with Crippen LogP contribution < -0.4 is 10.1 Å². The SMILES string of the molecule is CCCCOc1ccccc1Nc1ncnc2ncccc12. The van der Waals surface area contributed by atoms with E-state index in [0.29, 0.717) is 12.3 Å². The summed E-state index contributed by atoms with van der Waals surface area (Å²) in [5.41, 5.74) is 1.56. The maximum atomic E-state index is 5.84. The number of hydrogen-bond acceptors (Lipinski definition) is 5. The van der Waals surface area contributed by atoms with Gasteiger partial charge in [0.2, 0.25) is 0 Å². The fourth-order valence-electron chi connectivity index (χ4n) is 2.14. The van der Waals surface area contributed by atoms with Gasteiger partial charge in [0, 0.05) is 6.20 Å². The molecule has 5 nitrogen and oxygen atoms in total. The van der Waals surface area contributed by atoms with E-state index in [0.717, 1.165) is 35.5 Å². The molecule has 22 heavy (non-hydrogen) atoms. The van der Waals surface area contributed by atoms with E-state index in [1.54, 1.807) is 6.20 Å². The number of pyridine rings is 1. The van der Waals surface area contributed by atoms with E-state index < -0.39 is 0 Å². The van der Waals surface area contributed by atoms with Gasteiger partial charge in [0.05, 0.1) is 17.7 Å². The average Bonchev–Trinajstić information content (AvgIpc) is 2.57. The summed E-state index contributed by atoms with van der Waals surface area (Å²) in [4.78, 5) is 12.7. The highest BCUT2D eigenvalue weighted by molar-refractivity contribution is 5.88. The quantitative estimate of drug-likeness (QED) is 0.698. The minimum absolute atomic E-state index is 0.671. The summed E-state index contributed by atoms with van der Waals surface area (Å²) in [6, 6.07) is 11.7. The molecular weight excluding hydrogens is 276 g/mol. The predicted octanol–water partition coefficient (Wildman–Crippen LogP) is 3.95. The zero-order chi connectivity index (χ0) is 15.2. The first-order valence-electron chi connectivity index (χ1n) is 7.43. The van der Waals surface area contributed by atoms with Crippen molar-refractivity contribution in [3.05, 3.63) is 48.9 Å². The van der Waals surface area contributed by atoms with Crippen molar-refractivity contribution in [2.24, 2.45) is 0 Å². The molecule has 0 spiro atoms. The molecule has 1 N–H and O–H groups in total. The van der Waals surface area contributed by atoms with Crippen LogP contribution in [0, 0.1) is 0 Å². The highest BCUT2D eigenvalue weighted by Crippen LogP contribution is 2.29. The summed E-state index contributed by atoms with van der Waals surface area (Å²) in [6.45, 7) is 2.86. The Bertz CT molecular complexity index is 755. The predicted molar refractivity (Wildman–Crippen MR) is 87.5 cm³/mol. The first-order valence-corrected chi connectivity index (χ1v) is 7.43. The van der Waals surface area contributed by atoms with E-state index >= 15 is 0 Å². The Balaban J connectivity index is 1.89. The molecule has 0 bridgehead atoms. The maximum Gasteiger partial charge on any atom is 0.164 e. The van der Waals surface area contributed by atoms with Gasteiger partial charge in [-0.15, -0.1) is 0 Å². The molecule has 0 amide bonds. The lowest BCUT2D eigenvalue weighted by atomic mass is 10.2. The molecule has 1 aromatic carbocycles. The summed E-state index contributed by atoms with van der Waals surface area (Å²) >= 11 is 0. The van der Waals surface area contributed by atoms with Crippen LogP contribution in [0.5, 0.6) is 5.75 Å². The number of aromatic nitrogens is 3. The third-order valence-corrected chi connectivity index (χ3v) is 3.30. The molecule has 3 aromatic rings. The van der Waals surface area contributed by atoms with Crippen LogP contribution in [0.3, 0.4) is 0 Å². The zero-order valence-electron chi connectivity index (χ0n) is 12.5. The highest BCUT2D eigenvalue weighted by Gasteiger charge is 2.08. The van der Waals surface area contributed by atoms with Gasteiger partial charge in [-0.1, -0.05) is 25.5 Å². The number of fused-ring (bicyclic) bond motifs is 1. The lowest BCUT2D eigenvalue weighted by Crippen LogP contribution is -2.02. The largest absolute Gasteiger partial charge is 0.491 e. The minimum atomic E-state index is 0.671. The zero-order valence-corrected chi connectivity index (χ0v) is 12.5. The first kappa shape index (κ1) is 14.3. The van der Waals surface area contributed by atoms with Crippen LogP contribution in [0.4, 0.5) is 11.5 Å². The number of anilines is 2. The molecule has 0 aliphatic rings. The molecule has 5 heteroatoms. The molecule has 0 atom stereocenters. The molecule has 112 valence electrons. The summed E-state index contributed by atoms with van der Waals surface area (Å²) < 4.78 is 5.84. The number of unbranched alkanes of at least 4 members (excludes halogenated alkanes) is 1. The van der Waals surface area contributed by atoms with Crippen LogP contribution in [0.15, 0.2) is 48.9 Å². The third-order valence-electron chi connectivity index (χ3n) is 3.30. The van der Waals surface area contributed by atoms with Crippen LogP contribution >= 0.6 is 0 Å². The van der Waals surface area contributed by atoms with Crippen molar-refractivity contribution in [1.82, 2.24) is 15.0 Å². The summed E-state index contributed by atoms with van der Waals surface area (Å²) in [5, 5.41) is 4.21. The lowest BCUT2D eigenvalue weighted by Gasteiger charge is -2.13. The molecular formula is C17H18N4O. The van der Waals surface area contributed by atoms with Crippen LogP contribution in [-0.2, 0) is 0 Å². The van der Waals surface area contributed by atoms with Gasteiger partial charge in [0.1, 0.15) is 17.9 Å². The average molecular weight is 294 g/mol. The van der Waals surface area contributed by atoms with Crippen molar-refractivity contribution < 1.29 is 4.74 Å². The molecule has 2 aromatic heterocycles. The van der Waals surface area contributed by atoms with E-state index in [1.165, 1.54) is 6.33 Å². The Morgan fingerprint density at radius 2 is 1.95 bits per heavy atom. The molecule has 0 saturated carbocycles. The molecule has 0 aliphatic carbocycles. The first-order chi connectivity index (χ1) is 10.9. The molecule has 0 saturated heterocycles. The van der Waals surface area contributed by atoms with Crippen LogP contribution in [0.2, 0.25) is 0 Å². The normalized spacial score (nSPS) is 10.6. The van der Waals surface area contributed by atoms with Gasteiger partial charge in [0.15, 0.2) is 5.65 Å². The van der Waals surface area contributed by atoms with Gasteiger partial charge in [-0.3, -0.25) is 0 Å².